The Kier molecular flexibility index (Phi) is 8.35. The van der Waals surface area contributed by atoms with Gasteiger partial charge in [0.05, 0.1) is 27.4 Å². The van der Waals surface area contributed by atoms with Crippen molar-refractivity contribution in [2.24, 2.45) is 0 Å². The highest BCUT2D eigenvalue weighted by molar-refractivity contribution is 5.99. The monoisotopic (exact) mass is 379 g/mol. The van der Waals surface area contributed by atoms with Gasteiger partial charge < -0.3 is 24.4 Å². The van der Waals surface area contributed by atoms with Crippen LogP contribution in [0.25, 0.3) is 0 Å². The summed E-state index contributed by atoms with van der Waals surface area (Å²) in [5, 5.41) is 2.85. The van der Waals surface area contributed by atoms with Gasteiger partial charge >= 0.3 is 0 Å². The zero-order chi connectivity index (χ0) is 19.6. The number of morpholine rings is 1. The normalized spacial score (nSPS) is 14.5. The van der Waals surface area contributed by atoms with Gasteiger partial charge in [-0.15, -0.1) is 0 Å². The summed E-state index contributed by atoms with van der Waals surface area (Å²) in [5.41, 5.74) is 0.352. The molecule has 0 atom stereocenters. The highest BCUT2D eigenvalue weighted by atomic mass is 16.5. The molecule has 0 radical (unpaired) electrons. The smallest absolute Gasteiger partial charge is 0.258 e. The lowest BCUT2D eigenvalue weighted by Gasteiger charge is -2.29. The Morgan fingerprint density at radius 1 is 1.15 bits per heavy atom. The second kappa shape index (κ2) is 10.7. The Balaban J connectivity index is 1.87. The summed E-state index contributed by atoms with van der Waals surface area (Å²) in [6, 6.07) is 5.18. The number of nitrogens with zero attached hydrogens (tertiary/aromatic N) is 2. The quantitative estimate of drug-likeness (QED) is 0.677. The number of carbonyl (C=O) groups is 2. The van der Waals surface area contributed by atoms with Crippen LogP contribution < -0.4 is 14.8 Å². The van der Waals surface area contributed by atoms with E-state index < -0.39 is 0 Å². The van der Waals surface area contributed by atoms with Gasteiger partial charge in [-0.3, -0.25) is 14.5 Å². The minimum Gasteiger partial charge on any atom is -0.496 e. The maximum absolute atomic E-state index is 12.6. The van der Waals surface area contributed by atoms with E-state index in [4.69, 9.17) is 14.2 Å². The van der Waals surface area contributed by atoms with Gasteiger partial charge in [0.1, 0.15) is 17.1 Å². The van der Waals surface area contributed by atoms with Crippen molar-refractivity contribution in [2.45, 2.75) is 6.92 Å². The molecule has 0 bridgehead atoms. The minimum atomic E-state index is -0.291. The van der Waals surface area contributed by atoms with Crippen molar-refractivity contribution >= 4 is 11.8 Å². The molecule has 0 aromatic heterocycles. The largest absolute Gasteiger partial charge is 0.496 e. The highest BCUT2D eigenvalue weighted by Gasteiger charge is 2.19. The number of hydrogen-bond acceptors (Lipinski definition) is 6. The van der Waals surface area contributed by atoms with Gasteiger partial charge in [0, 0.05) is 46.2 Å². The first-order valence-corrected chi connectivity index (χ1v) is 9.11. The molecule has 0 aliphatic carbocycles. The fourth-order valence-electron chi connectivity index (χ4n) is 2.98. The van der Waals surface area contributed by atoms with Gasteiger partial charge in [0.15, 0.2) is 0 Å². The number of amides is 2. The molecule has 8 nitrogen and oxygen atoms in total. The average Bonchev–Trinajstić information content (AvgIpc) is 2.70. The van der Waals surface area contributed by atoms with Crippen molar-refractivity contribution in [1.82, 2.24) is 15.1 Å². The van der Waals surface area contributed by atoms with Crippen LogP contribution in [0.15, 0.2) is 18.2 Å². The third-order valence-electron chi connectivity index (χ3n) is 4.56. The SMILES string of the molecule is COc1cccc(OC)c1C(=O)NCCN(CCN1CCOCC1)C(C)=O. The summed E-state index contributed by atoms with van der Waals surface area (Å²) in [5.74, 6) is 0.596. The zero-order valence-corrected chi connectivity index (χ0v) is 16.3. The van der Waals surface area contributed by atoms with Crippen molar-refractivity contribution < 1.29 is 23.8 Å². The van der Waals surface area contributed by atoms with E-state index in [1.165, 1.54) is 14.2 Å². The molecule has 2 rings (SSSR count). The Hall–Kier alpha value is -2.32. The molecule has 1 fully saturated rings. The average molecular weight is 379 g/mol. The van der Waals surface area contributed by atoms with E-state index >= 15 is 0 Å². The van der Waals surface area contributed by atoms with E-state index in [0.717, 1.165) is 32.8 Å². The van der Waals surface area contributed by atoms with E-state index in [-0.39, 0.29) is 11.8 Å². The first kappa shape index (κ1) is 21.0. The molecule has 0 unspecified atom stereocenters. The molecule has 1 heterocycles. The number of hydrogen-bond donors (Lipinski definition) is 1. The predicted molar refractivity (Wildman–Crippen MR) is 101 cm³/mol. The lowest BCUT2D eigenvalue weighted by molar-refractivity contribution is -0.129. The standard InChI is InChI=1S/C19H29N3O5/c1-15(23)22(10-9-21-11-13-27-14-12-21)8-7-20-19(24)18-16(25-2)5-4-6-17(18)26-3/h4-6H,7-14H2,1-3H3,(H,20,24). The molecule has 27 heavy (non-hydrogen) atoms. The zero-order valence-electron chi connectivity index (χ0n) is 16.3. The third-order valence-corrected chi connectivity index (χ3v) is 4.56. The summed E-state index contributed by atoms with van der Waals surface area (Å²) < 4.78 is 15.9. The molecule has 2 amide bonds. The van der Waals surface area contributed by atoms with Crippen molar-refractivity contribution in [3.05, 3.63) is 23.8 Å². The van der Waals surface area contributed by atoms with E-state index in [0.29, 0.717) is 36.7 Å². The lowest BCUT2D eigenvalue weighted by Crippen LogP contribution is -2.44. The van der Waals surface area contributed by atoms with Crippen LogP contribution >= 0.6 is 0 Å². The van der Waals surface area contributed by atoms with Gasteiger partial charge in [-0.1, -0.05) is 6.07 Å². The molecule has 1 aliphatic rings. The second-order valence-electron chi connectivity index (χ2n) is 6.25. The molecule has 8 heteroatoms. The Morgan fingerprint density at radius 2 is 1.78 bits per heavy atom. The van der Waals surface area contributed by atoms with E-state index in [9.17, 15) is 9.59 Å². The minimum absolute atomic E-state index is 0.00705. The molecule has 1 N–H and O–H groups in total. The molecular formula is C19H29N3O5. The van der Waals surface area contributed by atoms with Crippen LogP contribution in [-0.2, 0) is 9.53 Å². The van der Waals surface area contributed by atoms with Gasteiger partial charge in [-0.05, 0) is 12.1 Å². The lowest BCUT2D eigenvalue weighted by atomic mass is 10.1. The number of rotatable bonds is 9. The van der Waals surface area contributed by atoms with Crippen LogP contribution in [0.3, 0.4) is 0 Å². The topological polar surface area (TPSA) is 80.3 Å². The summed E-state index contributed by atoms with van der Waals surface area (Å²) in [6.45, 7) is 7.01. The molecule has 1 aliphatic heterocycles. The van der Waals surface area contributed by atoms with Crippen molar-refractivity contribution in [2.75, 3.05) is 66.7 Å². The van der Waals surface area contributed by atoms with E-state index in [2.05, 4.69) is 10.2 Å². The fourth-order valence-corrected chi connectivity index (χ4v) is 2.98. The highest BCUT2D eigenvalue weighted by Crippen LogP contribution is 2.27. The Morgan fingerprint density at radius 3 is 2.33 bits per heavy atom. The number of methoxy groups -OCH3 is 2. The summed E-state index contributed by atoms with van der Waals surface area (Å²) in [7, 11) is 3.02. The molecule has 1 aromatic carbocycles. The maximum Gasteiger partial charge on any atom is 0.258 e. The van der Waals surface area contributed by atoms with E-state index in [1.54, 1.807) is 30.0 Å². The Labute approximate surface area is 160 Å². The molecular weight excluding hydrogens is 350 g/mol. The summed E-state index contributed by atoms with van der Waals surface area (Å²) >= 11 is 0. The fraction of sp³-hybridized carbons (Fsp3) is 0.579. The molecule has 0 spiro atoms. The second-order valence-corrected chi connectivity index (χ2v) is 6.25. The van der Waals surface area contributed by atoms with E-state index in [1.807, 2.05) is 0 Å². The van der Waals surface area contributed by atoms with Gasteiger partial charge in [-0.2, -0.15) is 0 Å². The number of benzene rings is 1. The van der Waals surface area contributed by atoms with Crippen molar-refractivity contribution in [1.29, 1.82) is 0 Å². The molecule has 1 saturated heterocycles. The number of ether oxygens (including phenoxy) is 3. The van der Waals surface area contributed by atoms with Gasteiger partial charge in [0.2, 0.25) is 5.91 Å². The molecule has 150 valence electrons. The number of carbonyl (C=O) groups excluding carboxylic acids is 2. The van der Waals surface area contributed by atoms with Crippen molar-refractivity contribution in [3.8, 4) is 11.5 Å². The van der Waals surface area contributed by atoms with Crippen LogP contribution in [0.2, 0.25) is 0 Å². The Bertz CT molecular complexity index is 610. The van der Waals surface area contributed by atoms with Crippen LogP contribution in [0.4, 0.5) is 0 Å². The predicted octanol–water partition coefficient (Wildman–Crippen LogP) is 0.614. The summed E-state index contributed by atoms with van der Waals surface area (Å²) in [6.07, 6.45) is 0. The first-order valence-electron chi connectivity index (χ1n) is 9.11. The van der Waals surface area contributed by atoms with Crippen LogP contribution in [0.5, 0.6) is 11.5 Å². The van der Waals surface area contributed by atoms with Gasteiger partial charge in [0.25, 0.3) is 5.91 Å². The first-order chi connectivity index (χ1) is 13.1. The van der Waals surface area contributed by atoms with Crippen molar-refractivity contribution in [3.63, 3.8) is 0 Å². The molecule has 0 saturated carbocycles. The van der Waals surface area contributed by atoms with Crippen LogP contribution in [0, 0.1) is 0 Å². The summed E-state index contributed by atoms with van der Waals surface area (Å²) in [4.78, 5) is 28.5. The molecule has 1 aromatic rings. The van der Waals surface area contributed by atoms with Crippen LogP contribution in [0.1, 0.15) is 17.3 Å². The maximum atomic E-state index is 12.6. The van der Waals surface area contributed by atoms with Crippen LogP contribution in [-0.4, -0.2) is 88.3 Å². The number of nitrogens with one attached hydrogen (secondary N) is 1. The third kappa shape index (κ3) is 6.11. The van der Waals surface area contributed by atoms with Gasteiger partial charge in [-0.25, -0.2) is 0 Å².